The number of carbonyl (C=O) groups excluding carboxylic acids is 1. The van der Waals surface area contributed by atoms with E-state index in [2.05, 4.69) is 10.3 Å². The van der Waals surface area contributed by atoms with Crippen LogP contribution in [0.5, 0.6) is 5.75 Å². The molecule has 2 aromatic rings. The lowest BCUT2D eigenvalue weighted by Crippen LogP contribution is -2.30. The topological polar surface area (TPSA) is 97.8 Å². The summed E-state index contributed by atoms with van der Waals surface area (Å²) in [5.41, 5.74) is 1.04. The van der Waals surface area contributed by atoms with E-state index >= 15 is 0 Å². The minimum absolute atomic E-state index is 0.0404. The van der Waals surface area contributed by atoms with Crippen molar-refractivity contribution in [3.63, 3.8) is 0 Å². The molecule has 2 rings (SSSR count). The third-order valence-electron chi connectivity index (χ3n) is 2.84. The van der Waals surface area contributed by atoms with Crippen LogP contribution in [0, 0.1) is 5.82 Å². The molecule has 0 aliphatic carbocycles. The number of halogens is 1. The van der Waals surface area contributed by atoms with Crippen LogP contribution in [0.4, 0.5) is 4.39 Å². The summed E-state index contributed by atoms with van der Waals surface area (Å²) in [5.74, 6) is -2.02. The Morgan fingerprint density at radius 2 is 2.21 bits per heavy atom. The summed E-state index contributed by atoms with van der Waals surface area (Å²) in [4.78, 5) is 26.2. The zero-order valence-corrected chi connectivity index (χ0v) is 13.6. The van der Waals surface area contributed by atoms with Crippen molar-refractivity contribution in [2.75, 3.05) is 20.4 Å². The van der Waals surface area contributed by atoms with Gasteiger partial charge in [-0.25, -0.2) is 9.37 Å². The number of carboxylic acid groups (broad SMARTS) is 1. The van der Waals surface area contributed by atoms with Crippen molar-refractivity contribution in [2.24, 2.45) is 0 Å². The number of amides is 1. The van der Waals surface area contributed by atoms with E-state index in [0.717, 1.165) is 0 Å². The molecule has 0 radical (unpaired) electrons. The number of hydrogen-bond donors (Lipinski definition) is 2. The maximum Gasteiger partial charge on any atom is 0.322 e. The first-order chi connectivity index (χ1) is 11.5. The molecule has 2 N–H and O–H groups in total. The van der Waals surface area contributed by atoms with E-state index < -0.39 is 24.2 Å². The number of nitrogens with zero attached hydrogens (tertiary/aromatic N) is 1. The van der Waals surface area contributed by atoms with E-state index in [9.17, 15) is 14.0 Å². The molecule has 0 saturated heterocycles. The Bertz CT molecular complexity index is 734. The first-order valence-corrected chi connectivity index (χ1v) is 7.72. The highest BCUT2D eigenvalue weighted by molar-refractivity contribution is 7.13. The Morgan fingerprint density at radius 3 is 2.88 bits per heavy atom. The van der Waals surface area contributed by atoms with Crippen LogP contribution in [0.3, 0.4) is 0 Å². The van der Waals surface area contributed by atoms with Gasteiger partial charge in [0.25, 0.3) is 0 Å². The summed E-state index contributed by atoms with van der Waals surface area (Å²) in [7, 11) is 1.44. The lowest BCUT2D eigenvalue weighted by atomic mass is 10.2. The molecule has 9 heteroatoms. The molecule has 1 aromatic carbocycles. The van der Waals surface area contributed by atoms with Gasteiger partial charge in [0, 0.05) is 18.1 Å². The number of hydrogen-bond acceptors (Lipinski definition) is 6. The summed E-state index contributed by atoms with van der Waals surface area (Å²) in [6.07, 6.45) is -0.0404. The van der Waals surface area contributed by atoms with E-state index in [1.165, 1.54) is 30.6 Å². The number of aromatic nitrogens is 1. The summed E-state index contributed by atoms with van der Waals surface area (Å²) >= 11 is 1.26. The second-order valence-electron chi connectivity index (χ2n) is 4.69. The molecule has 128 valence electrons. The highest BCUT2D eigenvalue weighted by atomic mass is 32.1. The van der Waals surface area contributed by atoms with Gasteiger partial charge >= 0.3 is 5.97 Å². The molecule has 0 fully saturated rings. The van der Waals surface area contributed by atoms with Crippen LogP contribution in [0.2, 0.25) is 0 Å². The van der Waals surface area contributed by atoms with Gasteiger partial charge < -0.3 is 19.9 Å². The lowest BCUT2D eigenvalue weighted by molar-refractivity contribution is -0.137. The van der Waals surface area contributed by atoms with Gasteiger partial charge in [-0.1, -0.05) is 0 Å². The van der Waals surface area contributed by atoms with Gasteiger partial charge in [0.15, 0.2) is 18.4 Å². The SMILES string of the molecule is COCOc1ccc(-c2nc(CC(=O)NCC(=O)O)cs2)cc1F. The van der Waals surface area contributed by atoms with Crippen molar-refractivity contribution in [2.45, 2.75) is 6.42 Å². The van der Waals surface area contributed by atoms with E-state index in [-0.39, 0.29) is 19.0 Å². The molecule has 0 aliphatic heterocycles. The smallest absolute Gasteiger partial charge is 0.322 e. The molecule has 0 atom stereocenters. The van der Waals surface area contributed by atoms with Crippen molar-refractivity contribution < 1.29 is 28.6 Å². The van der Waals surface area contributed by atoms with Gasteiger partial charge in [-0.15, -0.1) is 11.3 Å². The zero-order valence-electron chi connectivity index (χ0n) is 12.7. The van der Waals surface area contributed by atoms with Gasteiger partial charge in [-0.05, 0) is 18.2 Å². The van der Waals surface area contributed by atoms with Crippen molar-refractivity contribution in [3.05, 3.63) is 35.1 Å². The van der Waals surface area contributed by atoms with Crippen LogP contribution in [0.25, 0.3) is 10.6 Å². The number of aliphatic carboxylic acids is 1. The standard InChI is InChI=1S/C15H15FN2O5S/c1-22-8-23-12-3-2-9(4-11(12)16)15-18-10(7-24-15)5-13(19)17-6-14(20)21/h2-4,7H,5-6,8H2,1H3,(H,17,19)(H,20,21). The largest absolute Gasteiger partial charge is 0.480 e. The highest BCUT2D eigenvalue weighted by Gasteiger charge is 2.12. The fourth-order valence-electron chi connectivity index (χ4n) is 1.80. The Balaban J connectivity index is 2.03. The molecular formula is C15H15FN2O5S. The third kappa shape index (κ3) is 5.00. The van der Waals surface area contributed by atoms with Crippen LogP contribution >= 0.6 is 11.3 Å². The Morgan fingerprint density at radius 1 is 1.42 bits per heavy atom. The molecule has 1 amide bonds. The minimum Gasteiger partial charge on any atom is -0.480 e. The van der Waals surface area contributed by atoms with Crippen LogP contribution in [-0.4, -0.2) is 42.4 Å². The van der Waals surface area contributed by atoms with E-state index in [4.69, 9.17) is 14.6 Å². The molecule has 1 aromatic heterocycles. The highest BCUT2D eigenvalue weighted by Crippen LogP contribution is 2.28. The van der Waals surface area contributed by atoms with Crippen LogP contribution in [-0.2, 0) is 20.7 Å². The maximum atomic E-state index is 13.9. The van der Waals surface area contributed by atoms with Gasteiger partial charge in [0.1, 0.15) is 11.6 Å². The molecular weight excluding hydrogens is 339 g/mol. The Hall–Kier alpha value is -2.52. The number of nitrogens with one attached hydrogen (secondary N) is 1. The number of benzene rings is 1. The van der Waals surface area contributed by atoms with Gasteiger partial charge in [-0.3, -0.25) is 9.59 Å². The number of ether oxygens (including phenoxy) is 2. The molecule has 0 aliphatic rings. The molecule has 0 spiro atoms. The van der Waals surface area contributed by atoms with Crippen LogP contribution < -0.4 is 10.1 Å². The third-order valence-corrected chi connectivity index (χ3v) is 3.78. The lowest BCUT2D eigenvalue weighted by Gasteiger charge is -2.06. The summed E-state index contributed by atoms with van der Waals surface area (Å²) in [6, 6.07) is 4.42. The first-order valence-electron chi connectivity index (χ1n) is 6.84. The summed E-state index contributed by atoms with van der Waals surface area (Å²) in [5, 5.41) is 13.0. The van der Waals surface area contributed by atoms with Crippen molar-refractivity contribution in [1.29, 1.82) is 0 Å². The van der Waals surface area contributed by atoms with Gasteiger partial charge in [-0.2, -0.15) is 0 Å². The molecule has 0 unspecified atom stereocenters. The Kier molecular flexibility index (Phi) is 6.21. The van der Waals surface area contributed by atoms with Crippen LogP contribution in [0.1, 0.15) is 5.69 Å². The van der Waals surface area contributed by atoms with Gasteiger partial charge in [0.05, 0.1) is 12.1 Å². The molecule has 0 saturated carbocycles. The zero-order chi connectivity index (χ0) is 17.5. The average molecular weight is 354 g/mol. The minimum atomic E-state index is -1.12. The average Bonchev–Trinajstić information content (AvgIpc) is 3.00. The Labute approximate surface area is 141 Å². The van der Waals surface area contributed by atoms with E-state index in [1.807, 2.05) is 0 Å². The van der Waals surface area contributed by atoms with E-state index in [1.54, 1.807) is 11.4 Å². The van der Waals surface area contributed by atoms with Crippen molar-refractivity contribution in [3.8, 4) is 16.3 Å². The normalized spacial score (nSPS) is 10.4. The molecule has 1 heterocycles. The van der Waals surface area contributed by atoms with Crippen LogP contribution in [0.15, 0.2) is 23.6 Å². The first kappa shape index (κ1) is 17.8. The quantitative estimate of drug-likeness (QED) is 0.700. The van der Waals surface area contributed by atoms with E-state index in [0.29, 0.717) is 16.3 Å². The molecule has 24 heavy (non-hydrogen) atoms. The second-order valence-corrected chi connectivity index (χ2v) is 5.55. The number of methoxy groups -OCH3 is 1. The number of carboxylic acids is 1. The number of carbonyl (C=O) groups is 2. The summed E-state index contributed by atoms with van der Waals surface area (Å²) < 4.78 is 23.7. The second kappa shape index (κ2) is 8.37. The fraction of sp³-hybridized carbons (Fsp3) is 0.267. The molecule has 7 nitrogen and oxygen atoms in total. The maximum absolute atomic E-state index is 13.9. The predicted molar refractivity (Wildman–Crippen MR) is 84.4 cm³/mol. The molecule has 0 bridgehead atoms. The van der Waals surface area contributed by atoms with Crippen molar-refractivity contribution >= 4 is 23.2 Å². The summed E-state index contributed by atoms with van der Waals surface area (Å²) in [6.45, 7) is -0.493. The monoisotopic (exact) mass is 354 g/mol. The number of rotatable bonds is 8. The van der Waals surface area contributed by atoms with Crippen molar-refractivity contribution in [1.82, 2.24) is 10.3 Å². The number of thiazole rings is 1. The predicted octanol–water partition coefficient (Wildman–Crippen LogP) is 1.68. The fourth-order valence-corrected chi connectivity index (χ4v) is 2.61. The van der Waals surface area contributed by atoms with Gasteiger partial charge in [0.2, 0.25) is 5.91 Å².